The number of rotatable bonds is 8. The number of amides is 1. The van der Waals surface area contributed by atoms with Crippen molar-refractivity contribution in [2.24, 2.45) is 0 Å². The molecular formula is C25H28N2O2. The van der Waals surface area contributed by atoms with E-state index in [0.29, 0.717) is 13.0 Å². The maximum Gasteiger partial charge on any atom is 0.224 e. The smallest absolute Gasteiger partial charge is 0.224 e. The Morgan fingerprint density at radius 1 is 0.931 bits per heavy atom. The first-order chi connectivity index (χ1) is 14.1. The number of ether oxygens (including phenoxy) is 1. The van der Waals surface area contributed by atoms with Gasteiger partial charge in [-0.2, -0.15) is 0 Å². The van der Waals surface area contributed by atoms with E-state index in [1.807, 2.05) is 62.6 Å². The molecule has 1 atom stereocenters. The molecular weight excluding hydrogens is 360 g/mol. The molecule has 3 aromatic carbocycles. The molecule has 3 rings (SSSR count). The van der Waals surface area contributed by atoms with Crippen LogP contribution in [0.15, 0.2) is 78.9 Å². The number of carbonyl (C=O) groups excluding carboxylic acids is 1. The van der Waals surface area contributed by atoms with Gasteiger partial charge in [0.25, 0.3) is 0 Å². The summed E-state index contributed by atoms with van der Waals surface area (Å²) < 4.78 is 5.33. The summed E-state index contributed by atoms with van der Waals surface area (Å²) in [4.78, 5) is 14.6. The number of carbonyl (C=O) groups is 1. The van der Waals surface area contributed by atoms with Crippen LogP contribution in [0.25, 0.3) is 11.1 Å². The van der Waals surface area contributed by atoms with Crippen LogP contribution in [0.5, 0.6) is 5.75 Å². The number of likely N-dealkylation sites (N-methyl/N-ethyl adjacent to an activating group) is 1. The van der Waals surface area contributed by atoms with Crippen molar-refractivity contribution in [1.29, 1.82) is 0 Å². The molecule has 0 aromatic heterocycles. The lowest BCUT2D eigenvalue weighted by molar-refractivity contribution is -0.120. The summed E-state index contributed by atoms with van der Waals surface area (Å²) in [6, 6.07) is 26.5. The fraction of sp³-hybridized carbons (Fsp3) is 0.240. The van der Waals surface area contributed by atoms with Gasteiger partial charge in [-0.05, 0) is 48.5 Å². The third-order valence-corrected chi connectivity index (χ3v) is 5.02. The molecule has 1 N–H and O–H groups in total. The van der Waals surface area contributed by atoms with Crippen molar-refractivity contribution in [3.63, 3.8) is 0 Å². The minimum absolute atomic E-state index is 0.0206. The van der Waals surface area contributed by atoms with Gasteiger partial charge in [-0.3, -0.25) is 4.79 Å². The van der Waals surface area contributed by atoms with Crippen LogP contribution in [-0.4, -0.2) is 38.6 Å². The van der Waals surface area contributed by atoms with Crippen molar-refractivity contribution < 1.29 is 9.53 Å². The van der Waals surface area contributed by atoms with Gasteiger partial charge in [0.1, 0.15) is 5.75 Å². The fourth-order valence-corrected chi connectivity index (χ4v) is 3.35. The molecule has 3 aromatic rings. The molecule has 0 aliphatic heterocycles. The lowest BCUT2D eigenvalue weighted by Crippen LogP contribution is -2.35. The molecule has 4 nitrogen and oxygen atoms in total. The van der Waals surface area contributed by atoms with Gasteiger partial charge in [0.15, 0.2) is 0 Å². The van der Waals surface area contributed by atoms with E-state index in [-0.39, 0.29) is 11.9 Å². The zero-order valence-electron chi connectivity index (χ0n) is 17.3. The molecule has 0 saturated heterocycles. The Kier molecular flexibility index (Phi) is 7.04. The molecule has 0 aliphatic carbocycles. The number of methoxy groups -OCH3 is 1. The Labute approximate surface area is 173 Å². The van der Waals surface area contributed by atoms with Crippen molar-refractivity contribution in [1.82, 2.24) is 10.2 Å². The highest BCUT2D eigenvalue weighted by Crippen LogP contribution is 2.22. The molecule has 0 bridgehead atoms. The van der Waals surface area contributed by atoms with E-state index in [2.05, 4.69) is 40.5 Å². The molecule has 0 saturated carbocycles. The third-order valence-electron chi connectivity index (χ3n) is 5.02. The Morgan fingerprint density at radius 2 is 1.62 bits per heavy atom. The summed E-state index contributed by atoms with van der Waals surface area (Å²) in [5, 5.41) is 3.07. The highest BCUT2D eigenvalue weighted by Gasteiger charge is 2.16. The fourth-order valence-electron chi connectivity index (χ4n) is 3.35. The van der Waals surface area contributed by atoms with Crippen molar-refractivity contribution >= 4 is 5.91 Å². The van der Waals surface area contributed by atoms with E-state index < -0.39 is 0 Å². The second-order valence-corrected chi connectivity index (χ2v) is 7.30. The average Bonchev–Trinajstić information content (AvgIpc) is 2.75. The van der Waals surface area contributed by atoms with Gasteiger partial charge in [-0.1, -0.05) is 66.7 Å². The number of benzene rings is 3. The van der Waals surface area contributed by atoms with Gasteiger partial charge >= 0.3 is 0 Å². The monoisotopic (exact) mass is 388 g/mol. The van der Waals surface area contributed by atoms with E-state index in [4.69, 9.17) is 4.74 Å². The van der Waals surface area contributed by atoms with Crippen molar-refractivity contribution in [3.8, 4) is 16.9 Å². The van der Waals surface area contributed by atoms with E-state index in [0.717, 1.165) is 22.4 Å². The van der Waals surface area contributed by atoms with Crippen molar-refractivity contribution in [3.05, 3.63) is 90.0 Å². The lowest BCUT2D eigenvalue weighted by atomic mass is 10.0. The van der Waals surface area contributed by atoms with E-state index in [9.17, 15) is 4.79 Å². The van der Waals surface area contributed by atoms with Crippen LogP contribution in [0.3, 0.4) is 0 Å². The Hall–Kier alpha value is -3.11. The van der Waals surface area contributed by atoms with E-state index in [1.54, 1.807) is 7.11 Å². The quantitative estimate of drug-likeness (QED) is 0.625. The van der Waals surface area contributed by atoms with E-state index in [1.165, 1.54) is 5.56 Å². The van der Waals surface area contributed by atoms with Crippen molar-refractivity contribution in [2.75, 3.05) is 27.7 Å². The van der Waals surface area contributed by atoms with Crippen LogP contribution in [0.2, 0.25) is 0 Å². The lowest BCUT2D eigenvalue weighted by Gasteiger charge is -2.25. The molecule has 29 heavy (non-hydrogen) atoms. The van der Waals surface area contributed by atoms with Crippen LogP contribution in [0, 0.1) is 0 Å². The topological polar surface area (TPSA) is 41.6 Å². The molecule has 150 valence electrons. The number of nitrogens with zero attached hydrogens (tertiary/aromatic N) is 1. The predicted octanol–water partition coefficient (Wildman–Crippen LogP) is 4.32. The molecule has 0 spiro atoms. The molecule has 0 unspecified atom stereocenters. The second-order valence-electron chi connectivity index (χ2n) is 7.30. The van der Waals surface area contributed by atoms with Gasteiger partial charge in [-0.15, -0.1) is 0 Å². The zero-order valence-corrected chi connectivity index (χ0v) is 17.3. The molecule has 0 heterocycles. The first kappa shape index (κ1) is 20.6. The Morgan fingerprint density at radius 3 is 2.28 bits per heavy atom. The maximum atomic E-state index is 12.5. The predicted molar refractivity (Wildman–Crippen MR) is 118 cm³/mol. The molecule has 0 fully saturated rings. The normalized spacial score (nSPS) is 11.9. The highest BCUT2D eigenvalue weighted by molar-refractivity contribution is 5.79. The number of hydrogen-bond donors (Lipinski definition) is 1. The van der Waals surface area contributed by atoms with Gasteiger partial charge in [0.05, 0.1) is 19.6 Å². The molecule has 0 aliphatic rings. The van der Waals surface area contributed by atoms with Gasteiger partial charge in [0, 0.05) is 6.54 Å². The first-order valence-corrected chi connectivity index (χ1v) is 9.78. The standard InChI is InChI=1S/C25H28N2O2/c1-27(2)24(22-10-7-11-23(17-22)29-3)18-26-25(28)16-19-12-14-21(15-13-19)20-8-5-4-6-9-20/h4-15,17,24H,16,18H2,1-3H3,(H,26,28)/t24-/m1/s1. The Balaban J connectivity index is 1.59. The van der Waals surface area contributed by atoms with Crippen LogP contribution in [0.4, 0.5) is 0 Å². The first-order valence-electron chi connectivity index (χ1n) is 9.78. The van der Waals surface area contributed by atoms with Crippen LogP contribution >= 0.6 is 0 Å². The molecule has 1 amide bonds. The van der Waals surface area contributed by atoms with Crippen LogP contribution in [0.1, 0.15) is 17.2 Å². The summed E-state index contributed by atoms with van der Waals surface area (Å²) in [5.41, 5.74) is 4.45. The molecule has 0 radical (unpaired) electrons. The maximum absolute atomic E-state index is 12.5. The number of hydrogen-bond acceptors (Lipinski definition) is 3. The van der Waals surface area contributed by atoms with Gasteiger partial charge in [-0.25, -0.2) is 0 Å². The molecule has 4 heteroatoms. The minimum atomic E-state index is 0.0206. The van der Waals surface area contributed by atoms with E-state index >= 15 is 0 Å². The number of nitrogens with one attached hydrogen (secondary N) is 1. The summed E-state index contributed by atoms with van der Waals surface area (Å²) in [5.74, 6) is 0.839. The summed E-state index contributed by atoms with van der Waals surface area (Å²) in [7, 11) is 5.69. The van der Waals surface area contributed by atoms with Crippen molar-refractivity contribution in [2.45, 2.75) is 12.5 Å². The average molecular weight is 389 g/mol. The highest BCUT2D eigenvalue weighted by atomic mass is 16.5. The summed E-state index contributed by atoms with van der Waals surface area (Å²) in [6.07, 6.45) is 0.368. The summed E-state index contributed by atoms with van der Waals surface area (Å²) in [6.45, 7) is 0.543. The largest absolute Gasteiger partial charge is 0.497 e. The second kappa shape index (κ2) is 9.89. The third kappa shape index (κ3) is 5.69. The summed E-state index contributed by atoms with van der Waals surface area (Å²) >= 11 is 0. The zero-order chi connectivity index (χ0) is 20.6. The van der Waals surface area contributed by atoms with Gasteiger partial charge < -0.3 is 15.0 Å². The van der Waals surface area contributed by atoms with Crippen LogP contribution < -0.4 is 10.1 Å². The van der Waals surface area contributed by atoms with Crippen LogP contribution in [-0.2, 0) is 11.2 Å². The Bertz CT molecular complexity index is 921. The van der Waals surface area contributed by atoms with Gasteiger partial charge in [0.2, 0.25) is 5.91 Å². The minimum Gasteiger partial charge on any atom is -0.497 e. The SMILES string of the molecule is COc1cccc([C@@H](CNC(=O)Cc2ccc(-c3ccccc3)cc2)N(C)C)c1.